The van der Waals surface area contributed by atoms with Crippen LogP contribution in [0.2, 0.25) is 0 Å². The Hall–Kier alpha value is -0.0800. The van der Waals surface area contributed by atoms with Gasteiger partial charge in [-0.25, -0.2) is 0 Å². The highest BCUT2D eigenvalue weighted by atomic mass is 15.2. The van der Waals surface area contributed by atoms with Crippen molar-refractivity contribution >= 4 is 0 Å². The normalized spacial score (nSPS) is 13.3. The van der Waals surface area contributed by atoms with Crippen LogP contribution in [0.15, 0.2) is 0 Å². The highest BCUT2D eigenvalue weighted by Gasteiger charge is 2.10. The van der Waals surface area contributed by atoms with Gasteiger partial charge in [0.05, 0.1) is 0 Å². The topological polar surface area (TPSA) is 15.3 Å². The lowest BCUT2D eigenvalue weighted by Gasteiger charge is -2.28. The molecule has 1 N–H and O–H groups in total. The van der Waals surface area contributed by atoms with E-state index in [0.29, 0.717) is 0 Å². The predicted octanol–water partition coefficient (Wildman–Crippen LogP) is 3.28. The van der Waals surface area contributed by atoms with Gasteiger partial charge >= 0.3 is 0 Å². The zero-order chi connectivity index (χ0) is 12.2. The molecule has 0 heterocycles. The fourth-order valence-electron chi connectivity index (χ4n) is 1.98. The van der Waals surface area contributed by atoms with E-state index in [2.05, 4.69) is 31.0 Å². The van der Waals surface area contributed by atoms with E-state index >= 15 is 0 Å². The zero-order valence-electron chi connectivity index (χ0n) is 11.9. The van der Waals surface area contributed by atoms with Crippen LogP contribution in [0.1, 0.15) is 59.3 Å². The van der Waals surface area contributed by atoms with Crippen LogP contribution in [0.3, 0.4) is 0 Å². The van der Waals surface area contributed by atoms with Crippen molar-refractivity contribution in [3.05, 3.63) is 0 Å². The summed E-state index contributed by atoms with van der Waals surface area (Å²) in [6.07, 6.45) is 8.19. The Bertz CT molecular complexity index is 137. The van der Waals surface area contributed by atoms with Crippen molar-refractivity contribution in [3.63, 3.8) is 0 Å². The first-order valence-electron chi connectivity index (χ1n) is 7.14. The average Bonchev–Trinajstić information content (AvgIpc) is 2.31. The van der Waals surface area contributed by atoms with Gasteiger partial charge in [-0.3, -0.25) is 4.90 Å². The molecule has 0 amide bonds. The van der Waals surface area contributed by atoms with Crippen LogP contribution in [0.5, 0.6) is 0 Å². The lowest BCUT2D eigenvalue weighted by atomic mass is 10.1. The van der Waals surface area contributed by atoms with Crippen LogP contribution in [-0.2, 0) is 0 Å². The summed E-state index contributed by atoms with van der Waals surface area (Å²) < 4.78 is 0. The van der Waals surface area contributed by atoms with Crippen LogP contribution >= 0.6 is 0 Å². The maximum Gasteiger partial charge on any atom is 0.0110 e. The van der Waals surface area contributed by atoms with E-state index in [1.165, 1.54) is 51.6 Å². The van der Waals surface area contributed by atoms with Crippen LogP contribution in [-0.4, -0.2) is 37.6 Å². The summed E-state index contributed by atoms with van der Waals surface area (Å²) in [4.78, 5) is 2.63. The molecule has 0 saturated carbocycles. The summed E-state index contributed by atoms with van der Waals surface area (Å²) in [6.45, 7) is 10.5. The van der Waals surface area contributed by atoms with Crippen molar-refractivity contribution in [2.24, 2.45) is 0 Å². The standard InChI is InChI=1S/C14H32N2/c1-5-7-8-9-10-12-16(13-11-15-4)14(3)6-2/h14-15H,5-13H2,1-4H3. The molecule has 1 atom stereocenters. The molecule has 0 bridgehead atoms. The first-order valence-corrected chi connectivity index (χ1v) is 7.14. The van der Waals surface area contributed by atoms with Crippen molar-refractivity contribution in [2.45, 2.75) is 65.3 Å². The Labute approximate surface area is 103 Å². The molecule has 0 fully saturated rings. The fourth-order valence-corrected chi connectivity index (χ4v) is 1.98. The van der Waals surface area contributed by atoms with Gasteiger partial charge in [0.25, 0.3) is 0 Å². The summed E-state index contributed by atoms with van der Waals surface area (Å²) >= 11 is 0. The van der Waals surface area contributed by atoms with Crippen molar-refractivity contribution in [2.75, 3.05) is 26.7 Å². The van der Waals surface area contributed by atoms with Gasteiger partial charge in [-0.05, 0) is 33.4 Å². The van der Waals surface area contributed by atoms with Gasteiger partial charge in [0.2, 0.25) is 0 Å². The molecule has 1 unspecified atom stereocenters. The largest absolute Gasteiger partial charge is 0.318 e. The molecule has 0 saturated heterocycles. The zero-order valence-corrected chi connectivity index (χ0v) is 11.9. The number of hydrogen-bond donors (Lipinski definition) is 1. The molecule has 98 valence electrons. The average molecular weight is 228 g/mol. The Morgan fingerprint density at radius 2 is 1.69 bits per heavy atom. The molecule has 0 aliphatic carbocycles. The lowest BCUT2D eigenvalue weighted by molar-refractivity contribution is 0.201. The first-order chi connectivity index (χ1) is 7.76. The minimum Gasteiger partial charge on any atom is -0.318 e. The van der Waals surface area contributed by atoms with E-state index in [9.17, 15) is 0 Å². The smallest absolute Gasteiger partial charge is 0.0110 e. The number of rotatable bonds is 11. The fraction of sp³-hybridized carbons (Fsp3) is 1.00. The van der Waals surface area contributed by atoms with Crippen LogP contribution in [0.25, 0.3) is 0 Å². The molecule has 0 aromatic carbocycles. The van der Waals surface area contributed by atoms with Gasteiger partial charge in [-0.1, -0.05) is 39.5 Å². The van der Waals surface area contributed by atoms with E-state index in [-0.39, 0.29) is 0 Å². The Morgan fingerprint density at radius 3 is 2.25 bits per heavy atom. The van der Waals surface area contributed by atoms with Crippen molar-refractivity contribution < 1.29 is 0 Å². The second-order valence-electron chi connectivity index (χ2n) is 4.81. The van der Waals surface area contributed by atoms with Crippen molar-refractivity contribution in [3.8, 4) is 0 Å². The third-order valence-corrected chi connectivity index (χ3v) is 3.41. The molecule has 0 aromatic heterocycles. The van der Waals surface area contributed by atoms with Crippen LogP contribution in [0, 0.1) is 0 Å². The van der Waals surface area contributed by atoms with Crippen LogP contribution in [0.4, 0.5) is 0 Å². The van der Waals surface area contributed by atoms with Crippen molar-refractivity contribution in [1.29, 1.82) is 0 Å². The Morgan fingerprint density at radius 1 is 1.00 bits per heavy atom. The van der Waals surface area contributed by atoms with Gasteiger partial charge < -0.3 is 5.32 Å². The van der Waals surface area contributed by atoms with Crippen molar-refractivity contribution in [1.82, 2.24) is 10.2 Å². The molecule has 0 spiro atoms. The van der Waals surface area contributed by atoms with Crippen LogP contribution < -0.4 is 5.32 Å². The minimum atomic E-state index is 0.736. The third kappa shape index (κ3) is 8.12. The number of likely N-dealkylation sites (N-methyl/N-ethyl adjacent to an activating group) is 1. The maximum atomic E-state index is 3.25. The molecule has 0 aliphatic heterocycles. The molecule has 0 rings (SSSR count). The number of hydrogen-bond acceptors (Lipinski definition) is 2. The number of nitrogens with zero attached hydrogens (tertiary/aromatic N) is 1. The quantitative estimate of drug-likeness (QED) is 0.546. The predicted molar refractivity (Wildman–Crippen MR) is 74.0 cm³/mol. The second-order valence-corrected chi connectivity index (χ2v) is 4.81. The minimum absolute atomic E-state index is 0.736. The summed E-state index contributed by atoms with van der Waals surface area (Å²) in [5, 5.41) is 3.25. The molecule has 0 aliphatic rings. The second kappa shape index (κ2) is 11.4. The van der Waals surface area contributed by atoms with E-state index in [4.69, 9.17) is 0 Å². The highest BCUT2D eigenvalue weighted by molar-refractivity contribution is 4.66. The number of unbranched alkanes of at least 4 members (excludes halogenated alkanes) is 4. The molecular weight excluding hydrogens is 196 g/mol. The van der Waals surface area contributed by atoms with Gasteiger partial charge in [0, 0.05) is 19.1 Å². The summed E-state index contributed by atoms with van der Waals surface area (Å²) in [7, 11) is 2.04. The summed E-state index contributed by atoms with van der Waals surface area (Å²) in [5.41, 5.74) is 0. The summed E-state index contributed by atoms with van der Waals surface area (Å²) in [5.74, 6) is 0. The van der Waals surface area contributed by atoms with Gasteiger partial charge in [0.15, 0.2) is 0 Å². The van der Waals surface area contributed by atoms with Gasteiger partial charge in [-0.15, -0.1) is 0 Å². The van der Waals surface area contributed by atoms with Gasteiger partial charge in [-0.2, -0.15) is 0 Å². The lowest BCUT2D eigenvalue weighted by Crippen LogP contribution is -2.38. The molecule has 2 heteroatoms. The SMILES string of the molecule is CCCCCCCN(CCNC)C(C)CC. The van der Waals surface area contributed by atoms with E-state index in [1.54, 1.807) is 0 Å². The summed E-state index contributed by atoms with van der Waals surface area (Å²) in [6, 6.07) is 0.736. The molecule has 2 nitrogen and oxygen atoms in total. The monoisotopic (exact) mass is 228 g/mol. The van der Waals surface area contributed by atoms with E-state index < -0.39 is 0 Å². The molecular formula is C14H32N2. The third-order valence-electron chi connectivity index (χ3n) is 3.41. The molecule has 0 radical (unpaired) electrons. The Kier molecular flexibility index (Phi) is 11.3. The van der Waals surface area contributed by atoms with Gasteiger partial charge in [0.1, 0.15) is 0 Å². The van der Waals surface area contributed by atoms with E-state index in [0.717, 1.165) is 12.6 Å². The van der Waals surface area contributed by atoms with E-state index in [1.807, 2.05) is 7.05 Å². The maximum absolute atomic E-state index is 3.25. The first kappa shape index (κ1) is 15.9. The molecule has 16 heavy (non-hydrogen) atoms. The number of nitrogens with one attached hydrogen (secondary N) is 1. The highest BCUT2D eigenvalue weighted by Crippen LogP contribution is 2.08. The Balaban J connectivity index is 3.65. The molecule has 0 aromatic rings.